The van der Waals surface area contributed by atoms with Crippen LogP contribution in [0.2, 0.25) is 0 Å². The van der Waals surface area contributed by atoms with Crippen molar-refractivity contribution in [2.45, 2.75) is 44.9 Å². The number of rotatable bonds is 3. The highest BCUT2D eigenvalue weighted by Gasteiger charge is 2.26. The van der Waals surface area contributed by atoms with E-state index in [2.05, 4.69) is 20.1 Å². The predicted molar refractivity (Wildman–Crippen MR) is 87.3 cm³/mol. The van der Waals surface area contributed by atoms with Gasteiger partial charge in [0.15, 0.2) is 17.2 Å². The molecule has 0 aromatic carbocycles. The number of pyridine rings is 1. The van der Waals surface area contributed by atoms with Crippen LogP contribution in [0.5, 0.6) is 0 Å². The van der Waals surface area contributed by atoms with Gasteiger partial charge in [0, 0.05) is 12.0 Å². The Hall–Kier alpha value is -2.64. The van der Waals surface area contributed by atoms with Crippen LogP contribution in [0.25, 0.3) is 17.0 Å². The Bertz CT molecular complexity index is 1000. The maximum atomic E-state index is 14.1. The molecule has 0 atom stereocenters. The zero-order valence-electron chi connectivity index (χ0n) is 13.7. The van der Waals surface area contributed by atoms with Crippen LogP contribution in [-0.2, 0) is 6.42 Å². The van der Waals surface area contributed by atoms with E-state index in [0.29, 0.717) is 17.6 Å². The van der Waals surface area contributed by atoms with Gasteiger partial charge in [0.25, 0.3) is 5.56 Å². The van der Waals surface area contributed by atoms with Crippen molar-refractivity contribution >= 4 is 5.52 Å². The normalized spacial score (nSPS) is 15.3. The Kier molecular flexibility index (Phi) is 3.82. The number of imidazole rings is 1. The molecule has 1 N–H and O–H groups in total. The molecular formula is C17H17F2N5O. The van der Waals surface area contributed by atoms with E-state index in [1.807, 2.05) is 6.92 Å². The standard InChI is InChI=1S/C17H17F2N5O/c1-2-12-14-17(25)22-15(13-11(19)7-10(18)8-20-13)23-24(14)16(21-12)9-5-3-4-6-9/h7-9H,2-6H2,1H3,(H,22,23,25). The fraction of sp³-hybridized carbons (Fsp3) is 0.412. The van der Waals surface area contributed by atoms with E-state index in [1.54, 1.807) is 0 Å². The quantitative estimate of drug-likeness (QED) is 0.792. The third-order valence-electron chi connectivity index (χ3n) is 4.69. The smallest absolute Gasteiger partial charge is 0.277 e. The van der Waals surface area contributed by atoms with Gasteiger partial charge in [-0.1, -0.05) is 19.8 Å². The van der Waals surface area contributed by atoms with Gasteiger partial charge in [-0.25, -0.2) is 23.3 Å². The third-order valence-corrected chi connectivity index (χ3v) is 4.69. The first-order valence-corrected chi connectivity index (χ1v) is 8.41. The molecular weight excluding hydrogens is 328 g/mol. The Balaban J connectivity index is 1.96. The average molecular weight is 345 g/mol. The van der Waals surface area contributed by atoms with Crippen molar-refractivity contribution in [2.75, 3.05) is 0 Å². The van der Waals surface area contributed by atoms with E-state index in [-0.39, 0.29) is 17.4 Å². The minimum atomic E-state index is -0.874. The van der Waals surface area contributed by atoms with Crippen LogP contribution in [0.3, 0.4) is 0 Å². The van der Waals surface area contributed by atoms with Crippen molar-refractivity contribution in [3.63, 3.8) is 0 Å². The summed E-state index contributed by atoms with van der Waals surface area (Å²) < 4.78 is 28.7. The number of hydrogen-bond acceptors (Lipinski definition) is 4. The lowest BCUT2D eigenvalue weighted by molar-refractivity contribution is 0.574. The molecule has 130 valence electrons. The van der Waals surface area contributed by atoms with Crippen molar-refractivity contribution in [3.05, 3.63) is 45.8 Å². The summed E-state index contributed by atoms with van der Waals surface area (Å²) in [6.45, 7) is 1.93. The summed E-state index contributed by atoms with van der Waals surface area (Å²) in [5.74, 6) is -0.720. The van der Waals surface area contributed by atoms with E-state index >= 15 is 0 Å². The van der Waals surface area contributed by atoms with Crippen molar-refractivity contribution in [3.8, 4) is 11.5 Å². The molecule has 1 aliphatic carbocycles. The summed E-state index contributed by atoms with van der Waals surface area (Å²) in [7, 11) is 0. The van der Waals surface area contributed by atoms with Crippen LogP contribution < -0.4 is 5.56 Å². The minimum absolute atomic E-state index is 0.0331. The molecule has 1 fully saturated rings. The molecule has 0 unspecified atom stereocenters. The maximum absolute atomic E-state index is 14.1. The lowest BCUT2D eigenvalue weighted by atomic mass is 10.1. The highest BCUT2D eigenvalue weighted by molar-refractivity contribution is 5.55. The molecule has 6 nitrogen and oxygen atoms in total. The van der Waals surface area contributed by atoms with Crippen molar-refractivity contribution < 1.29 is 8.78 Å². The molecule has 25 heavy (non-hydrogen) atoms. The first kappa shape index (κ1) is 15.9. The highest BCUT2D eigenvalue weighted by atomic mass is 19.1. The van der Waals surface area contributed by atoms with E-state index < -0.39 is 17.2 Å². The van der Waals surface area contributed by atoms with Gasteiger partial charge in [0.2, 0.25) is 0 Å². The number of fused-ring (bicyclic) bond motifs is 1. The average Bonchev–Trinajstić information content (AvgIpc) is 3.21. The fourth-order valence-electron chi connectivity index (χ4n) is 3.49. The predicted octanol–water partition coefficient (Wildman–Crippen LogP) is 2.98. The number of halogens is 2. The molecule has 3 aromatic rings. The second-order valence-electron chi connectivity index (χ2n) is 6.30. The van der Waals surface area contributed by atoms with Crippen molar-refractivity contribution in [2.24, 2.45) is 0 Å². The van der Waals surface area contributed by atoms with Crippen LogP contribution in [0.1, 0.15) is 50.0 Å². The number of hydrogen-bond donors (Lipinski definition) is 1. The third kappa shape index (κ3) is 2.61. The monoisotopic (exact) mass is 345 g/mol. The molecule has 1 aliphatic rings. The van der Waals surface area contributed by atoms with Crippen molar-refractivity contribution in [1.82, 2.24) is 24.6 Å². The lowest BCUT2D eigenvalue weighted by Gasteiger charge is -2.08. The summed E-state index contributed by atoms with van der Waals surface area (Å²) >= 11 is 0. The summed E-state index contributed by atoms with van der Waals surface area (Å²) in [6, 6.07) is 0.718. The topological polar surface area (TPSA) is 75.9 Å². The Morgan fingerprint density at radius 2 is 2.08 bits per heavy atom. The summed E-state index contributed by atoms with van der Waals surface area (Å²) in [5, 5.41) is 4.38. The zero-order chi connectivity index (χ0) is 17.6. The molecule has 3 heterocycles. The molecule has 0 bridgehead atoms. The minimum Gasteiger partial charge on any atom is -0.302 e. The van der Waals surface area contributed by atoms with E-state index in [9.17, 15) is 13.6 Å². The van der Waals surface area contributed by atoms with E-state index in [1.165, 1.54) is 4.52 Å². The number of aromatic nitrogens is 5. The highest BCUT2D eigenvalue weighted by Crippen LogP contribution is 2.34. The molecule has 0 amide bonds. The van der Waals surface area contributed by atoms with Gasteiger partial charge in [-0.2, -0.15) is 0 Å². The first-order valence-electron chi connectivity index (χ1n) is 8.41. The molecule has 0 spiro atoms. The van der Waals surface area contributed by atoms with Crippen LogP contribution >= 0.6 is 0 Å². The fourth-order valence-corrected chi connectivity index (χ4v) is 3.49. The first-order chi connectivity index (χ1) is 12.1. The van der Waals surface area contributed by atoms with Gasteiger partial charge in [-0.3, -0.25) is 4.79 Å². The number of H-pyrrole nitrogens is 1. The summed E-state index contributed by atoms with van der Waals surface area (Å²) in [6.07, 6.45) is 5.72. The molecule has 0 radical (unpaired) electrons. The largest absolute Gasteiger partial charge is 0.302 e. The van der Waals surface area contributed by atoms with Gasteiger partial charge in [-0.05, 0) is 19.3 Å². The number of aryl methyl sites for hydroxylation is 1. The van der Waals surface area contributed by atoms with Crippen molar-refractivity contribution in [1.29, 1.82) is 0 Å². The Morgan fingerprint density at radius 3 is 2.76 bits per heavy atom. The van der Waals surface area contributed by atoms with Gasteiger partial charge in [0.05, 0.1) is 11.9 Å². The van der Waals surface area contributed by atoms with Gasteiger partial charge < -0.3 is 4.98 Å². The van der Waals surface area contributed by atoms with Gasteiger partial charge in [-0.15, -0.1) is 5.10 Å². The SMILES string of the molecule is CCc1nc(C2CCCC2)n2nc(-c3ncc(F)cc3F)[nH]c(=O)c12. The van der Waals surface area contributed by atoms with Crippen LogP contribution in [0, 0.1) is 11.6 Å². The summed E-state index contributed by atoms with van der Waals surface area (Å²) in [5.41, 5.74) is 0.471. The van der Waals surface area contributed by atoms with Gasteiger partial charge in [0.1, 0.15) is 17.3 Å². The Labute approximate surface area is 141 Å². The Morgan fingerprint density at radius 1 is 1.32 bits per heavy atom. The lowest BCUT2D eigenvalue weighted by Crippen LogP contribution is -2.17. The zero-order valence-corrected chi connectivity index (χ0v) is 13.7. The number of nitrogens with zero attached hydrogens (tertiary/aromatic N) is 4. The number of nitrogens with one attached hydrogen (secondary N) is 1. The summed E-state index contributed by atoms with van der Waals surface area (Å²) in [4.78, 5) is 23.5. The van der Waals surface area contributed by atoms with E-state index in [4.69, 9.17) is 0 Å². The molecule has 3 aromatic heterocycles. The molecule has 1 saturated carbocycles. The molecule has 0 saturated heterocycles. The molecule has 0 aliphatic heterocycles. The van der Waals surface area contributed by atoms with E-state index in [0.717, 1.165) is 43.8 Å². The molecule has 4 rings (SSSR count). The number of aromatic amines is 1. The second kappa shape index (κ2) is 6.02. The van der Waals surface area contributed by atoms with Crippen LogP contribution in [0.15, 0.2) is 17.1 Å². The second-order valence-corrected chi connectivity index (χ2v) is 6.30. The van der Waals surface area contributed by atoms with Crippen LogP contribution in [0.4, 0.5) is 8.78 Å². The molecule has 8 heteroatoms. The van der Waals surface area contributed by atoms with Gasteiger partial charge >= 0.3 is 0 Å². The van der Waals surface area contributed by atoms with Crippen LogP contribution in [-0.4, -0.2) is 24.6 Å². The maximum Gasteiger partial charge on any atom is 0.277 e.